The molecular weight excluding hydrogens is 304 g/mol. The van der Waals surface area contributed by atoms with Crippen LogP contribution >= 0.6 is 0 Å². The predicted octanol–water partition coefficient (Wildman–Crippen LogP) is 5.43. The third-order valence-corrected chi connectivity index (χ3v) is 3.48. The van der Waals surface area contributed by atoms with Crippen LogP contribution in [0.5, 0.6) is 11.5 Å². The Balaban J connectivity index is 2.24. The first-order valence-corrected chi connectivity index (χ1v) is 8.18. The van der Waals surface area contributed by atoms with Crippen molar-refractivity contribution in [3.8, 4) is 11.5 Å². The summed E-state index contributed by atoms with van der Waals surface area (Å²) in [5, 5.41) is 3.66. The summed E-state index contributed by atoms with van der Waals surface area (Å²) < 4.78 is 0. The lowest BCUT2D eigenvalue weighted by molar-refractivity contribution is -0.234. The monoisotopic (exact) mass is 326 g/mol. The lowest BCUT2D eigenvalue weighted by Crippen LogP contribution is -2.08. The number of fused-ring (bicyclic) bond motifs is 2. The Kier molecular flexibility index (Phi) is 4.88. The molecule has 0 heterocycles. The van der Waals surface area contributed by atoms with E-state index in [-0.39, 0.29) is 12.2 Å². The van der Waals surface area contributed by atoms with Crippen LogP contribution in [0.3, 0.4) is 0 Å². The van der Waals surface area contributed by atoms with Crippen molar-refractivity contribution in [2.45, 2.75) is 39.9 Å². The fourth-order valence-corrected chi connectivity index (χ4v) is 2.52. The van der Waals surface area contributed by atoms with Crippen LogP contribution in [-0.4, -0.2) is 12.2 Å². The van der Waals surface area contributed by atoms with Crippen molar-refractivity contribution in [2.75, 3.05) is 0 Å². The molecule has 126 valence electrons. The molecule has 0 atom stereocenters. The lowest BCUT2D eigenvalue weighted by atomic mass is 10.0. The molecule has 0 radical (unpaired) electrons. The molecule has 0 N–H and O–H groups in total. The van der Waals surface area contributed by atoms with E-state index in [4.69, 9.17) is 19.6 Å². The van der Waals surface area contributed by atoms with Crippen LogP contribution in [0.15, 0.2) is 48.5 Å². The maximum atomic E-state index is 5.68. The zero-order valence-electron chi connectivity index (χ0n) is 14.4. The normalized spacial score (nSPS) is 11.6. The summed E-state index contributed by atoms with van der Waals surface area (Å²) in [7, 11) is 0. The fourth-order valence-electron chi connectivity index (χ4n) is 2.52. The molecule has 4 nitrogen and oxygen atoms in total. The van der Waals surface area contributed by atoms with Gasteiger partial charge >= 0.3 is 0 Å². The number of hydrogen-bond donors (Lipinski definition) is 0. The van der Waals surface area contributed by atoms with E-state index in [1.54, 1.807) is 0 Å². The van der Waals surface area contributed by atoms with Crippen LogP contribution in [0.2, 0.25) is 0 Å². The largest absolute Gasteiger partial charge is 0.336 e. The molecule has 0 fully saturated rings. The number of rotatable bonds is 6. The van der Waals surface area contributed by atoms with Crippen molar-refractivity contribution in [3.05, 3.63) is 48.5 Å². The van der Waals surface area contributed by atoms with Crippen molar-refractivity contribution < 1.29 is 19.6 Å². The molecule has 0 unspecified atom stereocenters. The van der Waals surface area contributed by atoms with Gasteiger partial charge in [-0.15, -0.1) is 0 Å². The van der Waals surface area contributed by atoms with Crippen molar-refractivity contribution in [1.82, 2.24) is 0 Å². The van der Waals surface area contributed by atoms with Gasteiger partial charge in [-0.05, 0) is 27.7 Å². The molecule has 0 aliphatic heterocycles. The molecule has 3 aromatic carbocycles. The summed E-state index contributed by atoms with van der Waals surface area (Å²) in [5.74, 6) is 1.37. The molecule has 4 heteroatoms. The summed E-state index contributed by atoms with van der Waals surface area (Å²) in [6.45, 7) is 7.72. The van der Waals surface area contributed by atoms with Gasteiger partial charge in [-0.1, -0.05) is 48.5 Å². The highest BCUT2D eigenvalue weighted by Gasteiger charge is 2.18. The van der Waals surface area contributed by atoms with Gasteiger partial charge in [0.25, 0.3) is 0 Å². The van der Waals surface area contributed by atoms with Gasteiger partial charge in [-0.2, -0.15) is 9.78 Å². The Morgan fingerprint density at radius 2 is 0.833 bits per heavy atom. The van der Waals surface area contributed by atoms with Crippen LogP contribution in [0.1, 0.15) is 27.7 Å². The van der Waals surface area contributed by atoms with Gasteiger partial charge in [0, 0.05) is 21.5 Å². The topological polar surface area (TPSA) is 36.9 Å². The van der Waals surface area contributed by atoms with E-state index < -0.39 is 0 Å². The first-order chi connectivity index (χ1) is 11.6. The van der Waals surface area contributed by atoms with Gasteiger partial charge in [0.05, 0.1) is 12.2 Å². The third kappa shape index (κ3) is 3.30. The molecule has 0 bridgehead atoms. The van der Waals surface area contributed by atoms with Gasteiger partial charge in [0.1, 0.15) is 0 Å². The molecule has 0 spiro atoms. The van der Waals surface area contributed by atoms with Crippen molar-refractivity contribution in [1.29, 1.82) is 0 Å². The smallest absolute Gasteiger partial charge is 0.181 e. The van der Waals surface area contributed by atoms with Crippen molar-refractivity contribution in [2.24, 2.45) is 0 Å². The average Bonchev–Trinajstić information content (AvgIpc) is 2.57. The Morgan fingerprint density at radius 1 is 0.542 bits per heavy atom. The summed E-state index contributed by atoms with van der Waals surface area (Å²) in [4.78, 5) is 22.2. The second-order valence-electron chi connectivity index (χ2n) is 6.21. The van der Waals surface area contributed by atoms with E-state index in [1.165, 1.54) is 0 Å². The zero-order chi connectivity index (χ0) is 17.1. The van der Waals surface area contributed by atoms with Crippen LogP contribution in [0.25, 0.3) is 21.5 Å². The van der Waals surface area contributed by atoms with E-state index in [1.807, 2.05) is 76.2 Å². The average molecular weight is 326 g/mol. The standard InChI is InChI=1S/C20H22O4/c1-13(2)21-23-19-15-9-5-7-11-17(15)20(24-22-14(3)4)18-12-8-6-10-16(18)19/h5-14H,1-4H3. The first-order valence-electron chi connectivity index (χ1n) is 8.18. The molecule has 3 aromatic rings. The van der Waals surface area contributed by atoms with Crippen LogP contribution < -0.4 is 9.78 Å². The van der Waals surface area contributed by atoms with Gasteiger partial charge in [0.2, 0.25) is 0 Å². The predicted molar refractivity (Wildman–Crippen MR) is 95.2 cm³/mol. The van der Waals surface area contributed by atoms with E-state index in [2.05, 4.69) is 0 Å². The molecular formula is C20H22O4. The Morgan fingerprint density at radius 3 is 1.08 bits per heavy atom. The quantitative estimate of drug-likeness (QED) is 0.344. The molecule has 0 aromatic heterocycles. The zero-order valence-corrected chi connectivity index (χ0v) is 14.4. The van der Waals surface area contributed by atoms with Crippen molar-refractivity contribution >= 4 is 21.5 Å². The van der Waals surface area contributed by atoms with E-state index in [9.17, 15) is 0 Å². The molecule has 0 aliphatic rings. The highest BCUT2D eigenvalue weighted by molar-refractivity contribution is 6.10. The van der Waals surface area contributed by atoms with Gasteiger partial charge in [-0.3, -0.25) is 0 Å². The molecule has 3 rings (SSSR count). The molecule has 0 saturated heterocycles. The highest BCUT2D eigenvalue weighted by atomic mass is 17.2. The van der Waals surface area contributed by atoms with Crippen LogP contribution in [0, 0.1) is 0 Å². The molecule has 0 aliphatic carbocycles. The lowest BCUT2D eigenvalue weighted by Gasteiger charge is -2.17. The third-order valence-electron chi connectivity index (χ3n) is 3.48. The van der Waals surface area contributed by atoms with Gasteiger partial charge < -0.3 is 9.78 Å². The minimum absolute atomic E-state index is 0.0391. The maximum Gasteiger partial charge on any atom is 0.181 e. The van der Waals surface area contributed by atoms with Gasteiger partial charge in [0.15, 0.2) is 11.5 Å². The second kappa shape index (κ2) is 7.07. The summed E-state index contributed by atoms with van der Waals surface area (Å²) in [6.07, 6.45) is -0.0783. The summed E-state index contributed by atoms with van der Waals surface area (Å²) in [6, 6.07) is 15.8. The Labute approximate surface area is 141 Å². The second-order valence-corrected chi connectivity index (χ2v) is 6.21. The summed E-state index contributed by atoms with van der Waals surface area (Å²) in [5.41, 5.74) is 0. The minimum Gasteiger partial charge on any atom is -0.336 e. The van der Waals surface area contributed by atoms with Gasteiger partial charge in [-0.25, -0.2) is 0 Å². The molecule has 0 saturated carbocycles. The minimum atomic E-state index is -0.0391. The highest BCUT2D eigenvalue weighted by Crippen LogP contribution is 2.42. The van der Waals surface area contributed by atoms with E-state index >= 15 is 0 Å². The van der Waals surface area contributed by atoms with Crippen LogP contribution in [-0.2, 0) is 9.78 Å². The van der Waals surface area contributed by atoms with Crippen molar-refractivity contribution in [3.63, 3.8) is 0 Å². The number of hydrogen-bond acceptors (Lipinski definition) is 4. The first kappa shape index (κ1) is 16.6. The Hall–Kier alpha value is -2.30. The number of benzene rings is 3. The molecule has 0 amide bonds. The summed E-state index contributed by atoms with van der Waals surface area (Å²) >= 11 is 0. The van der Waals surface area contributed by atoms with E-state index in [0.29, 0.717) is 11.5 Å². The maximum absolute atomic E-state index is 5.68. The molecule has 24 heavy (non-hydrogen) atoms. The Bertz CT molecular complexity index is 713. The fraction of sp³-hybridized carbons (Fsp3) is 0.300. The van der Waals surface area contributed by atoms with E-state index in [0.717, 1.165) is 21.5 Å². The van der Waals surface area contributed by atoms with Crippen LogP contribution in [0.4, 0.5) is 0 Å². The SMILES string of the molecule is CC(C)OOc1c2ccccc2c(OOC(C)C)c2ccccc12.